The molecule has 0 aliphatic heterocycles. The lowest BCUT2D eigenvalue weighted by Gasteiger charge is -2.13. The number of fused-ring (bicyclic) bond motifs is 1. The highest BCUT2D eigenvalue weighted by atomic mass is 127. The molecule has 5 nitrogen and oxygen atoms in total. The van der Waals surface area contributed by atoms with Crippen molar-refractivity contribution < 1.29 is 9.84 Å². The van der Waals surface area contributed by atoms with E-state index in [0.29, 0.717) is 15.8 Å². The average molecular weight is 522 g/mol. The van der Waals surface area contributed by atoms with Crippen molar-refractivity contribution in [3.63, 3.8) is 0 Å². The van der Waals surface area contributed by atoms with Gasteiger partial charge in [0.1, 0.15) is 23.5 Å². The average Bonchev–Trinajstić information content (AvgIpc) is 3.09. The van der Waals surface area contributed by atoms with E-state index in [1.165, 1.54) is 17.5 Å². The lowest BCUT2D eigenvalue weighted by atomic mass is 10.1. The number of hydrogen-bond acceptors (Lipinski definition) is 3. The number of aliphatic hydroxyl groups is 1. The molecule has 0 aromatic heterocycles. The summed E-state index contributed by atoms with van der Waals surface area (Å²) in [5.74, 6) is 0.675. The Morgan fingerprint density at radius 1 is 1.22 bits per heavy atom. The molecule has 1 aliphatic rings. The van der Waals surface area contributed by atoms with E-state index in [-0.39, 0.29) is 43.1 Å². The summed E-state index contributed by atoms with van der Waals surface area (Å²) in [7, 11) is 0. The minimum atomic E-state index is -0.814. The van der Waals surface area contributed by atoms with Gasteiger partial charge < -0.3 is 20.9 Å². The van der Waals surface area contributed by atoms with Crippen LogP contribution >= 0.6 is 47.2 Å². The first-order valence-corrected chi connectivity index (χ1v) is 9.22. The van der Waals surface area contributed by atoms with Crippen molar-refractivity contribution in [1.82, 2.24) is 0 Å². The number of nitrogens with one attached hydrogen (secondary N) is 1. The van der Waals surface area contributed by atoms with E-state index < -0.39 is 6.10 Å². The molecule has 0 saturated carbocycles. The summed E-state index contributed by atoms with van der Waals surface area (Å²) in [6.45, 7) is 0.150. The molecule has 1 unspecified atom stereocenters. The Balaban J connectivity index is 0.00000261. The fraction of sp³-hybridized carbons (Fsp3) is 0.316. The number of nitrogens with zero attached hydrogens (tertiary/aromatic N) is 1. The first kappa shape index (κ1) is 22.1. The van der Waals surface area contributed by atoms with E-state index >= 15 is 0 Å². The molecule has 27 heavy (non-hydrogen) atoms. The van der Waals surface area contributed by atoms with Crippen LogP contribution in [-0.2, 0) is 12.8 Å². The van der Waals surface area contributed by atoms with Gasteiger partial charge in [-0.2, -0.15) is 0 Å². The van der Waals surface area contributed by atoms with Gasteiger partial charge in [-0.3, -0.25) is 4.99 Å². The fourth-order valence-electron chi connectivity index (χ4n) is 2.87. The maximum Gasteiger partial charge on any atom is 0.193 e. The largest absolute Gasteiger partial charge is 0.489 e. The second kappa shape index (κ2) is 10.4. The van der Waals surface area contributed by atoms with Crippen LogP contribution in [0.1, 0.15) is 17.5 Å². The molecule has 8 heteroatoms. The molecule has 146 valence electrons. The predicted molar refractivity (Wildman–Crippen MR) is 122 cm³/mol. The van der Waals surface area contributed by atoms with Crippen molar-refractivity contribution in [2.75, 3.05) is 18.5 Å². The molecule has 2 aromatic rings. The van der Waals surface area contributed by atoms with Crippen molar-refractivity contribution in [2.45, 2.75) is 25.4 Å². The number of aryl methyl sites for hydroxylation is 2. The van der Waals surface area contributed by atoms with Crippen LogP contribution in [0, 0.1) is 0 Å². The molecule has 0 radical (unpaired) electrons. The normalized spacial score (nSPS) is 14.3. The summed E-state index contributed by atoms with van der Waals surface area (Å²) in [5, 5.41) is 13.8. The molecule has 1 aliphatic carbocycles. The highest BCUT2D eigenvalue weighted by molar-refractivity contribution is 14.0. The molecule has 4 N–H and O–H groups in total. The Morgan fingerprint density at radius 2 is 2.00 bits per heavy atom. The third-order valence-corrected chi connectivity index (χ3v) is 4.99. The third kappa shape index (κ3) is 6.14. The summed E-state index contributed by atoms with van der Waals surface area (Å²) >= 11 is 12.0. The van der Waals surface area contributed by atoms with Gasteiger partial charge in [-0.05, 0) is 54.7 Å². The van der Waals surface area contributed by atoms with Crippen LogP contribution in [-0.4, -0.2) is 30.3 Å². The van der Waals surface area contributed by atoms with Gasteiger partial charge in [0.25, 0.3) is 0 Å². The smallest absolute Gasteiger partial charge is 0.193 e. The van der Waals surface area contributed by atoms with Crippen molar-refractivity contribution >= 4 is 58.8 Å². The minimum absolute atomic E-state index is 0. The van der Waals surface area contributed by atoms with Gasteiger partial charge in [0.15, 0.2) is 5.96 Å². The molecule has 0 saturated heterocycles. The Morgan fingerprint density at radius 3 is 2.81 bits per heavy atom. The summed E-state index contributed by atoms with van der Waals surface area (Å²) in [4.78, 5) is 4.16. The number of aliphatic imine (C=N–C) groups is 1. The van der Waals surface area contributed by atoms with Crippen LogP contribution in [0.2, 0.25) is 10.0 Å². The van der Waals surface area contributed by atoms with Gasteiger partial charge in [0.2, 0.25) is 0 Å². The number of ether oxygens (including phenoxy) is 1. The van der Waals surface area contributed by atoms with E-state index in [1.807, 2.05) is 6.07 Å². The van der Waals surface area contributed by atoms with E-state index in [9.17, 15) is 5.11 Å². The zero-order valence-corrected chi connectivity index (χ0v) is 18.5. The number of anilines is 1. The van der Waals surface area contributed by atoms with Crippen molar-refractivity contribution in [3.8, 4) is 5.75 Å². The molecule has 0 bridgehead atoms. The van der Waals surface area contributed by atoms with E-state index in [1.54, 1.807) is 18.2 Å². The number of halogens is 3. The van der Waals surface area contributed by atoms with Gasteiger partial charge in [0.05, 0.1) is 11.6 Å². The summed E-state index contributed by atoms with van der Waals surface area (Å²) in [5.41, 5.74) is 9.56. The zero-order chi connectivity index (χ0) is 18.5. The molecule has 2 aromatic carbocycles. The van der Waals surface area contributed by atoms with Crippen molar-refractivity contribution in [3.05, 3.63) is 57.6 Å². The first-order valence-electron chi connectivity index (χ1n) is 8.46. The Kier molecular flexibility index (Phi) is 8.47. The first-order chi connectivity index (χ1) is 12.5. The lowest BCUT2D eigenvalue weighted by Crippen LogP contribution is -2.27. The topological polar surface area (TPSA) is 79.9 Å². The van der Waals surface area contributed by atoms with Crippen LogP contribution in [0.25, 0.3) is 0 Å². The van der Waals surface area contributed by atoms with Gasteiger partial charge in [-0.1, -0.05) is 35.3 Å². The van der Waals surface area contributed by atoms with Gasteiger partial charge >= 0.3 is 0 Å². The Labute approximate surface area is 185 Å². The van der Waals surface area contributed by atoms with Crippen LogP contribution < -0.4 is 15.8 Å². The summed E-state index contributed by atoms with van der Waals surface area (Å²) in [6.07, 6.45) is 2.63. The molecular weight excluding hydrogens is 500 g/mol. The van der Waals surface area contributed by atoms with Crippen LogP contribution in [0.15, 0.2) is 41.4 Å². The molecule has 0 spiro atoms. The van der Waals surface area contributed by atoms with E-state index in [4.69, 9.17) is 33.7 Å². The standard InChI is InChI=1S/C19H21Cl2N3O2.HI/c20-16-5-2-6-17(18(16)21)26-11-15(25)10-23-19(22)24-14-8-7-12-3-1-4-13(12)9-14;/h2,5-9,15,25H,1,3-4,10-11H2,(H3,22,23,24);1H. The maximum absolute atomic E-state index is 10.0. The summed E-state index contributed by atoms with van der Waals surface area (Å²) in [6, 6.07) is 11.3. The molecule has 1 atom stereocenters. The summed E-state index contributed by atoms with van der Waals surface area (Å²) < 4.78 is 5.48. The number of hydrogen-bond donors (Lipinski definition) is 3. The monoisotopic (exact) mass is 521 g/mol. The second-order valence-corrected chi connectivity index (χ2v) is 6.99. The quantitative estimate of drug-likeness (QED) is 0.301. The fourth-order valence-corrected chi connectivity index (χ4v) is 3.22. The molecule has 3 rings (SSSR count). The third-order valence-electron chi connectivity index (χ3n) is 4.19. The van der Waals surface area contributed by atoms with Crippen molar-refractivity contribution in [1.29, 1.82) is 0 Å². The molecule has 0 fully saturated rings. The number of rotatable bonds is 6. The number of benzene rings is 2. The Bertz CT molecular complexity index is 818. The van der Waals surface area contributed by atoms with E-state index in [2.05, 4.69) is 22.4 Å². The van der Waals surface area contributed by atoms with Crippen LogP contribution in [0.5, 0.6) is 5.75 Å². The van der Waals surface area contributed by atoms with E-state index in [0.717, 1.165) is 18.5 Å². The van der Waals surface area contributed by atoms with Crippen LogP contribution in [0.4, 0.5) is 5.69 Å². The zero-order valence-electron chi connectivity index (χ0n) is 14.6. The predicted octanol–water partition coefficient (Wildman–Crippen LogP) is 4.27. The number of nitrogens with two attached hydrogens (primary N) is 1. The molecule has 0 amide bonds. The maximum atomic E-state index is 10.0. The SMILES string of the molecule is I.NC(=NCC(O)COc1cccc(Cl)c1Cl)Nc1ccc2c(c1)CCC2. The van der Waals surface area contributed by atoms with Gasteiger partial charge in [-0.15, -0.1) is 24.0 Å². The molecule has 0 heterocycles. The lowest BCUT2D eigenvalue weighted by molar-refractivity contribution is 0.114. The van der Waals surface area contributed by atoms with Crippen LogP contribution in [0.3, 0.4) is 0 Å². The highest BCUT2D eigenvalue weighted by Gasteiger charge is 2.12. The Hall–Kier alpha value is -1.22. The number of aliphatic hydroxyl groups excluding tert-OH is 1. The second-order valence-electron chi connectivity index (χ2n) is 6.20. The number of guanidine groups is 1. The van der Waals surface area contributed by atoms with Gasteiger partial charge in [0, 0.05) is 5.69 Å². The van der Waals surface area contributed by atoms with Crippen molar-refractivity contribution in [2.24, 2.45) is 10.7 Å². The minimum Gasteiger partial charge on any atom is -0.489 e. The molecular formula is C19H22Cl2IN3O2. The van der Waals surface area contributed by atoms with Gasteiger partial charge in [-0.25, -0.2) is 0 Å². The highest BCUT2D eigenvalue weighted by Crippen LogP contribution is 2.31.